The van der Waals surface area contributed by atoms with Gasteiger partial charge < -0.3 is 19.5 Å². The van der Waals surface area contributed by atoms with Crippen LogP contribution >= 0.6 is 12.2 Å². The number of aliphatic imine (C=N–C) groups is 1. The lowest BCUT2D eigenvalue weighted by atomic mass is 9.36. The number of isothiocyanates is 1. The van der Waals surface area contributed by atoms with Crippen molar-refractivity contribution in [3.8, 4) is 11.5 Å². The Hall–Kier alpha value is -1.72. The van der Waals surface area contributed by atoms with Gasteiger partial charge in [0.05, 0.1) is 16.6 Å². The van der Waals surface area contributed by atoms with Crippen LogP contribution in [0.4, 0.5) is 0 Å². The summed E-state index contributed by atoms with van der Waals surface area (Å²) in [6, 6.07) is 4.27. The molecular weight excluding hydrogens is 384 g/mol. The highest BCUT2D eigenvalue weighted by Gasteiger charge is 2.79. The first-order valence-corrected chi connectivity index (χ1v) is 10.9. The van der Waals surface area contributed by atoms with Crippen molar-refractivity contribution >= 4 is 17.4 Å². The smallest absolute Gasteiger partial charge is 0.165 e. The lowest BCUT2D eigenvalue weighted by Gasteiger charge is -2.71. The average molecular weight is 411 g/mol. The van der Waals surface area contributed by atoms with Gasteiger partial charge in [0.15, 0.2) is 11.5 Å². The minimum Gasteiger partial charge on any atom is -0.504 e. The molecule has 152 valence electrons. The minimum atomic E-state index is -0.600. The van der Waals surface area contributed by atoms with E-state index in [-0.39, 0.29) is 34.6 Å². The molecule has 1 aromatic rings. The van der Waals surface area contributed by atoms with Crippen LogP contribution in [0.15, 0.2) is 29.3 Å². The van der Waals surface area contributed by atoms with Gasteiger partial charge in [-0.05, 0) is 63.6 Å². The Balaban J connectivity index is 1.68. The number of hydrogen-bond donors (Lipinski definition) is 1. The van der Waals surface area contributed by atoms with E-state index >= 15 is 0 Å². The lowest BCUT2D eigenvalue weighted by Crippen LogP contribution is -2.79. The fourth-order valence-electron chi connectivity index (χ4n) is 7.83. The second kappa shape index (κ2) is 5.50. The number of phenolic OH excluding ortho intramolecular Hbond substituents is 1. The molecule has 6 heteroatoms. The normalized spacial score (nSPS) is 44.0. The second-order valence-electron chi connectivity index (χ2n) is 9.57. The molecule has 1 aromatic carbocycles. The molecular formula is C23H26N2O3S. The van der Waals surface area contributed by atoms with Crippen molar-refractivity contribution in [2.24, 2.45) is 16.3 Å². The Morgan fingerprint density at radius 3 is 3.00 bits per heavy atom. The van der Waals surface area contributed by atoms with E-state index in [2.05, 4.69) is 47.2 Å². The molecule has 1 saturated heterocycles. The zero-order valence-electron chi connectivity index (χ0n) is 17.0. The van der Waals surface area contributed by atoms with Crippen LogP contribution in [0, 0.1) is 11.3 Å². The maximum Gasteiger partial charge on any atom is 0.165 e. The van der Waals surface area contributed by atoms with Crippen molar-refractivity contribution in [1.29, 1.82) is 0 Å². The molecule has 7 rings (SSSR count). The van der Waals surface area contributed by atoms with Gasteiger partial charge in [-0.25, -0.2) is 4.99 Å². The zero-order valence-corrected chi connectivity index (χ0v) is 17.8. The second-order valence-corrected chi connectivity index (χ2v) is 9.75. The van der Waals surface area contributed by atoms with Gasteiger partial charge >= 0.3 is 0 Å². The number of hydrogen-bond acceptors (Lipinski definition) is 6. The Kier molecular flexibility index (Phi) is 3.43. The largest absolute Gasteiger partial charge is 0.504 e. The summed E-state index contributed by atoms with van der Waals surface area (Å²) in [5.74, 6) is 1.06. The quantitative estimate of drug-likeness (QED) is 0.471. The van der Waals surface area contributed by atoms with E-state index in [1.54, 1.807) is 13.2 Å². The van der Waals surface area contributed by atoms with Crippen LogP contribution < -0.4 is 4.74 Å². The van der Waals surface area contributed by atoms with Crippen molar-refractivity contribution in [2.75, 3.05) is 20.7 Å². The van der Waals surface area contributed by atoms with Crippen molar-refractivity contribution in [2.45, 2.75) is 55.4 Å². The molecule has 1 N–H and O–H groups in total. The number of nitrogens with zero attached hydrogens (tertiary/aromatic N) is 2. The molecule has 0 aromatic heterocycles. The predicted octanol–water partition coefficient (Wildman–Crippen LogP) is 3.10. The van der Waals surface area contributed by atoms with Crippen molar-refractivity contribution in [3.63, 3.8) is 0 Å². The summed E-state index contributed by atoms with van der Waals surface area (Å²) in [4.78, 5) is 6.99. The SMILES string of the molecule is CO[C@]12C=C[C@@]3(C[C@H]1[C@H](C)N=C=S)[C@H]1Cc4ccc(O)c5c4[C@@]3(CCN1C)[C@H]2O5. The first-order chi connectivity index (χ1) is 13.9. The summed E-state index contributed by atoms with van der Waals surface area (Å²) in [5, 5.41) is 13.3. The standard InChI is InChI=1S/C23H26N2O3S/c1-13(24-12-29)15-11-21-6-7-23(15,27-3)20-22(21)8-9-25(2)17(21)10-14-4-5-16(26)19(28-20)18(14)22/h4-7,13,15,17,20,26H,8-11H2,1-3H3/t13-,15-,17+,20+,21+,22-,23+/m0/s1. The number of likely N-dealkylation sites (tertiary alicyclic amines) is 1. The summed E-state index contributed by atoms with van der Waals surface area (Å²) in [6.45, 7) is 3.13. The van der Waals surface area contributed by atoms with E-state index < -0.39 is 5.60 Å². The predicted molar refractivity (Wildman–Crippen MR) is 113 cm³/mol. The third kappa shape index (κ3) is 1.74. The van der Waals surface area contributed by atoms with E-state index in [0.717, 1.165) is 25.8 Å². The van der Waals surface area contributed by atoms with Gasteiger partial charge in [0.2, 0.25) is 0 Å². The number of thiocarbonyl (C=S) groups is 1. The first kappa shape index (κ1) is 18.1. The lowest BCUT2D eigenvalue weighted by molar-refractivity contribution is -0.216. The number of phenols is 1. The average Bonchev–Trinajstić information content (AvgIpc) is 3.09. The summed E-state index contributed by atoms with van der Waals surface area (Å²) in [6.07, 6.45) is 7.45. The number of ether oxygens (including phenoxy) is 2. The summed E-state index contributed by atoms with van der Waals surface area (Å²) in [5.41, 5.74) is 1.72. The number of aromatic hydroxyl groups is 1. The Morgan fingerprint density at radius 2 is 2.24 bits per heavy atom. The number of rotatable bonds is 3. The van der Waals surface area contributed by atoms with Crippen molar-refractivity contribution < 1.29 is 14.6 Å². The van der Waals surface area contributed by atoms with Crippen LogP contribution in [0.2, 0.25) is 0 Å². The third-order valence-corrected chi connectivity index (χ3v) is 9.07. The van der Waals surface area contributed by atoms with Crippen molar-refractivity contribution in [3.05, 3.63) is 35.4 Å². The highest BCUT2D eigenvalue weighted by atomic mass is 32.1. The molecule has 0 unspecified atom stereocenters. The van der Waals surface area contributed by atoms with Gasteiger partial charge in [-0.1, -0.05) is 18.2 Å². The Morgan fingerprint density at radius 1 is 1.41 bits per heavy atom. The fourth-order valence-corrected chi connectivity index (χ4v) is 8.00. The molecule has 1 saturated carbocycles. The maximum atomic E-state index is 10.7. The number of piperidine rings is 1. The summed E-state index contributed by atoms with van der Waals surface area (Å²) >= 11 is 4.94. The maximum absolute atomic E-state index is 10.7. The van der Waals surface area contributed by atoms with E-state index in [9.17, 15) is 5.11 Å². The number of likely N-dealkylation sites (N-methyl/N-ethyl adjacent to an activating group) is 1. The fraction of sp³-hybridized carbons (Fsp3) is 0.609. The molecule has 2 fully saturated rings. The number of benzene rings is 1. The van der Waals surface area contributed by atoms with Gasteiger partial charge in [0, 0.05) is 30.0 Å². The molecule has 5 nitrogen and oxygen atoms in total. The van der Waals surface area contributed by atoms with E-state index in [1.807, 2.05) is 0 Å². The summed E-state index contributed by atoms with van der Waals surface area (Å²) in [7, 11) is 4.03. The van der Waals surface area contributed by atoms with E-state index in [1.165, 1.54) is 11.1 Å². The Bertz CT molecular complexity index is 1000. The van der Waals surface area contributed by atoms with Gasteiger partial charge in [-0.3, -0.25) is 0 Å². The first-order valence-electron chi connectivity index (χ1n) is 10.5. The van der Waals surface area contributed by atoms with Gasteiger partial charge in [-0.15, -0.1) is 0 Å². The van der Waals surface area contributed by atoms with Crippen molar-refractivity contribution in [1.82, 2.24) is 4.90 Å². The van der Waals surface area contributed by atoms with E-state index in [4.69, 9.17) is 21.7 Å². The molecule has 29 heavy (non-hydrogen) atoms. The topological polar surface area (TPSA) is 54.3 Å². The molecule has 6 aliphatic rings. The van der Waals surface area contributed by atoms with Crippen LogP contribution in [0.25, 0.3) is 0 Å². The summed E-state index contributed by atoms with van der Waals surface area (Å²) < 4.78 is 13.0. The number of fused-ring (bicyclic) bond motifs is 1. The van der Waals surface area contributed by atoms with Gasteiger partial charge in [-0.2, -0.15) is 0 Å². The highest BCUT2D eigenvalue weighted by Crippen LogP contribution is 2.74. The molecule has 2 aliphatic heterocycles. The van der Waals surface area contributed by atoms with Crippen LogP contribution in [0.1, 0.15) is 30.9 Å². The molecule has 0 amide bonds. The number of methoxy groups -OCH3 is 1. The zero-order chi connectivity index (χ0) is 20.2. The van der Waals surface area contributed by atoms with Gasteiger partial charge in [0.25, 0.3) is 0 Å². The minimum absolute atomic E-state index is 0.0139. The molecule has 0 radical (unpaired) electrons. The molecule has 2 spiro atoms. The van der Waals surface area contributed by atoms with Crippen LogP contribution in [-0.2, 0) is 16.6 Å². The molecule has 7 atom stereocenters. The van der Waals surface area contributed by atoms with Crippen LogP contribution in [-0.4, -0.2) is 59.7 Å². The van der Waals surface area contributed by atoms with Gasteiger partial charge in [0.1, 0.15) is 11.7 Å². The van der Waals surface area contributed by atoms with E-state index in [0.29, 0.717) is 11.8 Å². The monoisotopic (exact) mass is 410 g/mol. The Labute approximate surface area is 176 Å². The van der Waals surface area contributed by atoms with Crippen LogP contribution in [0.3, 0.4) is 0 Å². The van der Waals surface area contributed by atoms with Crippen LogP contribution in [0.5, 0.6) is 11.5 Å². The molecule has 2 heterocycles. The molecule has 4 aliphatic carbocycles. The highest BCUT2D eigenvalue weighted by molar-refractivity contribution is 7.78. The molecule has 4 bridgehead atoms. The third-order valence-electron chi connectivity index (χ3n) is 8.96.